The van der Waals surface area contributed by atoms with Crippen LogP contribution in [-0.4, -0.2) is 31.8 Å². The average Bonchev–Trinajstić information content (AvgIpc) is 3.21. The van der Waals surface area contributed by atoms with Gasteiger partial charge < -0.3 is 4.43 Å². The number of anilines is 1. The number of amides is 3. The predicted octanol–water partition coefficient (Wildman–Crippen LogP) is 6.47. The van der Waals surface area contributed by atoms with Crippen molar-refractivity contribution in [1.82, 2.24) is 5.01 Å². The molecule has 0 aromatic heterocycles. The minimum atomic E-state index is -1.79. The van der Waals surface area contributed by atoms with Crippen molar-refractivity contribution in [3.63, 3.8) is 0 Å². The molecular weight excluding hydrogens is 587 g/mol. The van der Waals surface area contributed by atoms with Gasteiger partial charge in [0.15, 0.2) is 0 Å². The minimum Gasteiger partial charge on any atom is -0.400 e. The van der Waals surface area contributed by atoms with E-state index in [1.165, 1.54) is 6.92 Å². The molecule has 5 rings (SSSR count). The number of hydrazine groups is 1. The van der Waals surface area contributed by atoms with Crippen molar-refractivity contribution < 1.29 is 18.8 Å². The van der Waals surface area contributed by atoms with Crippen molar-refractivity contribution in [1.29, 1.82) is 0 Å². The average molecular weight is 617 g/mol. The fraction of sp³-hybridized carbons (Fsp3) is 0.182. The Bertz CT molecular complexity index is 1580. The number of hydrogen-bond donors (Lipinski definition) is 0. The van der Waals surface area contributed by atoms with Gasteiger partial charge in [0.1, 0.15) is 0 Å². The number of carbonyl (C=O) groups excluding carboxylic acids is 3. The van der Waals surface area contributed by atoms with Crippen molar-refractivity contribution in [2.75, 3.05) is 5.01 Å². The summed E-state index contributed by atoms with van der Waals surface area (Å²) in [5.41, 5.74) is 0.563. The van der Waals surface area contributed by atoms with Gasteiger partial charge in [-0.1, -0.05) is 117 Å². The van der Waals surface area contributed by atoms with E-state index < -0.39 is 38.3 Å². The second kappa shape index (κ2) is 11.9. The first-order valence-electron chi connectivity index (χ1n) is 13.4. The molecule has 4 aromatic rings. The summed E-state index contributed by atoms with van der Waals surface area (Å²) in [6.07, 6.45) is -0.622. The molecule has 0 spiro atoms. The zero-order valence-corrected chi connectivity index (χ0v) is 26.1. The van der Waals surface area contributed by atoms with Gasteiger partial charge in [-0.15, -0.1) is 0 Å². The molecule has 213 valence electrons. The number of rotatable bonds is 7. The van der Waals surface area contributed by atoms with Crippen LogP contribution in [0, 0.1) is 5.41 Å². The Morgan fingerprint density at radius 1 is 0.786 bits per heavy atom. The number of imide groups is 1. The standard InChI is InChI=1S/C33H29Cl2N2O4Si/c1-21(38)36(37-31(39)24-17-11-12-18-25(24)32(37)40)27-20-19-26(34)28(29(27)35)30(33(2,3)4)41-42(22-13-7-5-8-14-22)23-15-9-6-10-16-23/h5-20,30H,1-4H3. The fourth-order valence-corrected chi connectivity index (χ4v) is 7.96. The number of carbonyl (C=O) groups is 3. The summed E-state index contributed by atoms with van der Waals surface area (Å²) in [6, 6.07) is 29.6. The molecule has 1 atom stereocenters. The van der Waals surface area contributed by atoms with Gasteiger partial charge in [-0.05, 0) is 40.1 Å². The number of fused-ring (bicyclic) bond motifs is 1. The van der Waals surface area contributed by atoms with E-state index in [9.17, 15) is 14.4 Å². The molecule has 9 heteroatoms. The van der Waals surface area contributed by atoms with Crippen molar-refractivity contribution >= 4 is 66.0 Å². The highest BCUT2D eigenvalue weighted by atomic mass is 35.5. The molecule has 1 aliphatic heterocycles. The molecule has 1 radical (unpaired) electrons. The van der Waals surface area contributed by atoms with Crippen molar-refractivity contribution in [3.05, 3.63) is 124 Å². The largest absolute Gasteiger partial charge is 0.400 e. The maximum atomic E-state index is 13.4. The third kappa shape index (κ3) is 5.53. The second-order valence-corrected chi connectivity index (χ2v) is 13.9. The van der Waals surface area contributed by atoms with Gasteiger partial charge in [0, 0.05) is 17.5 Å². The molecule has 0 bridgehead atoms. The van der Waals surface area contributed by atoms with E-state index in [-0.39, 0.29) is 21.8 Å². The molecule has 42 heavy (non-hydrogen) atoms. The molecule has 0 saturated heterocycles. The Kier molecular flexibility index (Phi) is 8.39. The SMILES string of the molecule is CC(=O)N(c1ccc(Cl)c(C(O[Si](c2ccccc2)c2ccccc2)C(C)(C)C)c1Cl)N1C(=O)c2ccccc2C1=O. The van der Waals surface area contributed by atoms with Crippen LogP contribution in [0.5, 0.6) is 0 Å². The Labute approximate surface area is 257 Å². The van der Waals surface area contributed by atoms with Gasteiger partial charge in [0.05, 0.1) is 27.9 Å². The third-order valence-corrected chi connectivity index (χ3v) is 9.88. The van der Waals surface area contributed by atoms with E-state index in [0.29, 0.717) is 10.6 Å². The lowest BCUT2D eigenvalue weighted by atomic mass is 9.84. The van der Waals surface area contributed by atoms with Crippen molar-refractivity contribution in [2.24, 2.45) is 5.41 Å². The summed E-state index contributed by atoms with van der Waals surface area (Å²) < 4.78 is 7.03. The molecule has 1 aliphatic rings. The molecule has 0 aliphatic carbocycles. The first-order valence-corrected chi connectivity index (χ1v) is 15.6. The zero-order chi connectivity index (χ0) is 30.2. The van der Waals surface area contributed by atoms with E-state index in [4.69, 9.17) is 27.6 Å². The monoisotopic (exact) mass is 615 g/mol. The molecule has 4 aromatic carbocycles. The summed E-state index contributed by atoms with van der Waals surface area (Å²) >= 11 is 14.0. The molecule has 0 saturated carbocycles. The molecule has 0 fully saturated rings. The van der Waals surface area contributed by atoms with Gasteiger partial charge >= 0.3 is 0 Å². The highest BCUT2D eigenvalue weighted by molar-refractivity contribution is 6.80. The quantitative estimate of drug-likeness (QED) is 0.177. The van der Waals surface area contributed by atoms with Crippen LogP contribution in [0.25, 0.3) is 0 Å². The first-order chi connectivity index (χ1) is 20.0. The van der Waals surface area contributed by atoms with Gasteiger partial charge in [0.2, 0.25) is 5.91 Å². The normalized spacial score (nSPS) is 13.8. The Balaban J connectivity index is 1.63. The van der Waals surface area contributed by atoms with Crippen LogP contribution in [0.15, 0.2) is 97.1 Å². The summed E-state index contributed by atoms with van der Waals surface area (Å²) in [5.74, 6) is -1.78. The van der Waals surface area contributed by atoms with Crippen LogP contribution in [0.2, 0.25) is 10.0 Å². The lowest BCUT2D eigenvalue weighted by molar-refractivity contribution is -0.118. The minimum absolute atomic E-state index is 0.122. The van der Waals surface area contributed by atoms with Crippen LogP contribution >= 0.6 is 23.2 Å². The Hall–Kier alpha value is -3.75. The lowest BCUT2D eigenvalue weighted by Crippen LogP contribution is -2.49. The van der Waals surface area contributed by atoms with Gasteiger partial charge in [-0.2, -0.15) is 5.01 Å². The first kappa shape index (κ1) is 29.7. The van der Waals surface area contributed by atoms with E-state index in [1.807, 2.05) is 81.4 Å². The molecule has 0 N–H and O–H groups in total. The number of nitrogens with zero attached hydrogens (tertiary/aromatic N) is 2. The van der Waals surface area contributed by atoms with Gasteiger partial charge in [-0.25, -0.2) is 5.01 Å². The van der Waals surface area contributed by atoms with Crippen molar-refractivity contribution in [2.45, 2.75) is 33.8 Å². The molecule has 1 unspecified atom stereocenters. The fourth-order valence-electron chi connectivity index (χ4n) is 5.01. The smallest absolute Gasteiger partial charge is 0.283 e. The van der Waals surface area contributed by atoms with Crippen molar-refractivity contribution in [3.8, 4) is 0 Å². The highest BCUT2D eigenvalue weighted by Gasteiger charge is 2.43. The lowest BCUT2D eigenvalue weighted by Gasteiger charge is -2.37. The van der Waals surface area contributed by atoms with E-state index >= 15 is 0 Å². The second-order valence-electron chi connectivity index (χ2n) is 11.0. The predicted molar refractivity (Wildman–Crippen MR) is 168 cm³/mol. The molecule has 3 amide bonds. The summed E-state index contributed by atoms with van der Waals surface area (Å²) in [5, 5.41) is 4.41. The Morgan fingerprint density at radius 3 is 1.71 bits per heavy atom. The van der Waals surface area contributed by atoms with Crippen LogP contribution in [0.1, 0.15) is 60.1 Å². The van der Waals surface area contributed by atoms with E-state index in [0.717, 1.165) is 20.4 Å². The summed E-state index contributed by atoms with van der Waals surface area (Å²) in [4.78, 5) is 39.8. The number of halogens is 2. The van der Waals surface area contributed by atoms with E-state index in [1.54, 1.807) is 36.4 Å². The summed E-state index contributed by atoms with van der Waals surface area (Å²) in [7, 11) is -1.79. The third-order valence-electron chi connectivity index (χ3n) is 6.96. The van der Waals surface area contributed by atoms with Crippen LogP contribution in [0.4, 0.5) is 5.69 Å². The van der Waals surface area contributed by atoms with Crippen LogP contribution in [0.3, 0.4) is 0 Å². The number of hydrogen-bond acceptors (Lipinski definition) is 4. The molecule has 6 nitrogen and oxygen atoms in total. The maximum absolute atomic E-state index is 13.4. The zero-order valence-electron chi connectivity index (χ0n) is 23.6. The number of benzene rings is 4. The maximum Gasteiger partial charge on any atom is 0.283 e. The molecule has 1 heterocycles. The topological polar surface area (TPSA) is 66.9 Å². The highest BCUT2D eigenvalue weighted by Crippen LogP contribution is 2.47. The molecular formula is C33H29Cl2N2O4Si. The van der Waals surface area contributed by atoms with Gasteiger partial charge in [-0.3, -0.25) is 14.4 Å². The van der Waals surface area contributed by atoms with Gasteiger partial charge in [0.25, 0.3) is 20.9 Å². The summed E-state index contributed by atoms with van der Waals surface area (Å²) in [6.45, 7) is 7.36. The Morgan fingerprint density at radius 2 is 1.26 bits per heavy atom. The van der Waals surface area contributed by atoms with Crippen LogP contribution < -0.4 is 15.4 Å². The van der Waals surface area contributed by atoms with E-state index in [2.05, 4.69) is 0 Å². The van der Waals surface area contributed by atoms with Crippen LogP contribution in [-0.2, 0) is 9.22 Å².